The minimum Gasteiger partial charge on any atom is -0.463 e. The van der Waals surface area contributed by atoms with Gasteiger partial charge in [0.2, 0.25) is 0 Å². The van der Waals surface area contributed by atoms with E-state index in [1.54, 1.807) is 0 Å². The average molecular weight is 373 g/mol. The molecule has 0 aliphatic heterocycles. The fourth-order valence-corrected chi connectivity index (χ4v) is 2.49. The maximum absolute atomic E-state index is 12.6. The second kappa shape index (κ2) is 11.3. The van der Waals surface area contributed by atoms with Crippen molar-refractivity contribution in [2.75, 3.05) is 26.4 Å². The molecule has 6 heteroatoms. The second-order valence-electron chi connectivity index (χ2n) is 7.97. The lowest BCUT2D eigenvalue weighted by atomic mass is 9.67. The maximum Gasteiger partial charge on any atom is 0.330 e. The third-order valence-corrected chi connectivity index (χ3v) is 4.90. The molecule has 2 unspecified atom stereocenters. The first kappa shape index (κ1) is 24.6. The molecule has 0 radical (unpaired) electrons. The molecule has 0 amide bonds. The lowest BCUT2D eigenvalue weighted by Gasteiger charge is -2.38. The monoisotopic (exact) mass is 372 g/mol. The van der Waals surface area contributed by atoms with Gasteiger partial charge in [0.25, 0.3) is 0 Å². The van der Waals surface area contributed by atoms with Crippen LogP contribution in [0.4, 0.5) is 0 Å². The highest BCUT2D eigenvalue weighted by Gasteiger charge is 2.42. The van der Waals surface area contributed by atoms with Crippen molar-refractivity contribution in [1.82, 2.24) is 0 Å². The fourth-order valence-electron chi connectivity index (χ4n) is 2.49. The van der Waals surface area contributed by atoms with Crippen LogP contribution in [0.1, 0.15) is 54.4 Å². The van der Waals surface area contributed by atoms with Gasteiger partial charge in [-0.15, -0.1) is 0 Å². The summed E-state index contributed by atoms with van der Waals surface area (Å²) in [6.45, 7) is 15.8. The predicted octanol–water partition coefficient (Wildman–Crippen LogP) is 3.12. The quantitative estimate of drug-likeness (QED) is 0.304. The lowest BCUT2D eigenvalue weighted by molar-refractivity contribution is -0.162. The van der Waals surface area contributed by atoms with E-state index in [2.05, 4.69) is 27.4 Å². The first-order valence-electron chi connectivity index (χ1n) is 9.20. The fraction of sp³-hybridized carbons (Fsp3) is 0.800. The van der Waals surface area contributed by atoms with Gasteiger partial charge in [-0.3, -0.25) is 4.79 Å². The molecule has 0 heterocycles. The highest BCUT2D eigenvalue weighted by molar-refractivity contribution is 5.81. The van der Waals surface area contributed by atoms with Gasteiger partial charge in [-0.1, -0.05) is 47.6 Å². The number of hydrogen-bond acceptors (Lipinski definition) is 6. The van der Waals surface area contributed by atoms with Crippen molar-refractivity contribution in [1.29, 1.82) is 0 Å². The zero-order valence-corrected chi connectivity index (χ0v) is 17.2. The van der Waals surface area contributed by atoms with Gasteiger partial charge in [-0.25, -0.2) is 4.79 Å². The average Bonchev–Trinajstić information content (AvgIpc) is 2.58. The van der Waals surface area contributed by atoms with Crippen molar-refractivity contribution in [3.8, 4) is 0 Å². The first-order valence-corrected chi connectivity index (χ1v) is 9.20. The van der Waals surface area contributed by atoms with Gasteiger partial charge in [0.05, 0.1) is 18.6 Å². The summed E-state index contributed by atoms with van der Waals surface area (Å²) < 4.78 is 15.4. The largest absolute Gasteiger partial charge is 0.463 e. The summed E-state index contributed by atoms with van der Waals surface area (Å²) in [7, 11) is 0. The number of carbonyl (C=O) groups excluding carboxylic acids is 2. The Morgan fingerprint density at radius 2 is 1.73 bits per heavy atom. The van der Waals surface area contributed by atoms with Crippen LogP contribution in [0.15, 0.2) is 12.7 Å². The maximum atomic E-state index is 12.6. The Kier molecular flexibility index (Phi) is 10.7. The van der Waals surface area contributed by atoms with Gasteiger partial charge in [-0.2, -0.15) is 0 Å². The number of rotatable bonds is 13. The summed E-state index contributed by atoms with van der Waals surface area (Å²) in [4.78, 5) is 23.5. The molecule has 0 aromatic carbocycles. The van der Waals surface area contributed by atoms with E-state index in [4.69, 9.17) is 14.2 Å². The molecule has 0 aliphatic rings. The molecule has 0 aromatic heterocycles. The molecule has 0 spiro atoms. The molecule has 152 valence electrons. The van der Waals surface area contributed by atoms with Crippen LogP contribution in [-0.4, -0.2) is 49.6 Å². The van der Waals surface area contributed by atoms with E-state index in [9.17, 15) is 14.7 Å². The van der Waals surface area contributed by atoms with Crippen molar-refractivity contribution in [3.63, 3.8) is 0 Å². The molecule has 0 saturated carbocycles. The zero-order valence-electron chi connectivity index (χ0n) is 17.2. The summed E-state index contributed by atoms with van der Waals surface area (Å²) in [5.41, 5.74) is -0.501. The Morgan fingerprint density at radius 3 is 2.23 bits per heavy atom. The van der Waals surface area contributed by atoms with Crippen molar-refractivity contribution < 1.29 is 28.9 Å². The number of hydrogen-bond donors (Lipinski definition) is 1. The summed E-state index contributed by atoms with van der Waals surface area (Å²) in [5, 5.41) is 9.61. The van der Waals surface area contributed by atoms with E-state index >= 15 is 0 Å². The van der Waals surface area contributed by atoms with Crippen LogP contribution < -0.4 is 0 Å². The molecule has 0 bridgehead atoms. The zero-order chi connectivity index (χ0) is 20.4. The molecule has 26 heavy (non-hydrogen) atoms. The summed E-state index contributed by atoms with van der Waals surface area (Å²) in [6.07, 6.45) is 1.83. The van der Waals surface area contributed by atoms with Gasteiger partial charge in [0.15, 0.2) is 0 Å². The van der Waals surface area contributed by atoms with Gasteiger partial charge in [-0.05, 0) is 24.7 Å². The number of carbonyl (C=O) groups is 2. The molecule has 0 rings (SSSR count). The van der Waals surface area contributed by atoms with Crippen LogP contribution in [-0.2, 0) is 23.8 Å². The number of aliphatic hydroxyl groups excluding tert-OH is 1. The molecule has 0 aliphatic carbocycles. The molecular weight excluding hydrogens is 336 g/mol. The van der Waals surface area contributed by atoms with Crippen LogP contribution in [0.5, 0.6) is 0 Å². The third kappa shape index (κ3) is 8.81. The van der Waals surface area contributed by atoms with Crippen LogP contribution in [0, 0.1) is 16.7 Å². The molecular formula is C20H36O6. The van der Waals surface area contributed by atoms with Gasteiger partial charge >= 0.3 is 11.9 Å². The standard InChI is InChI=1S/C20H36O6/c1-8-17(22)26-13-16(21)12-24-10-11-25-18(23)20(7,15(3)4)14-19(5,6)9-2/h8,15-16,21H,1,9-14H2,2-7H3. The van der Waals surface area contributed by atoms with Gasteiger partial charge in [0, 0.05) is 6.08 Å². The third-order valence-electron chi connectivity index (χ3n) is 4.90. The molecule has 0 saturated heterocycles. The van der Waals surface area contributed by atoms with E-state index in [1.807, 2.05) is 20.8 Å². The van der Waals surface area contributed by atoms with Crippen molar-refractivity contribution in [3.05, 3.63) is 12.7 Å². The van der Waals surface area contributed by atoms with Crippen LogP contribution in [0.2, 0.25) is 0 Å². The minimum absolute atomic E-state index is 0.00765. The Labute approximate surface area is 157 Å². The van der Waals surface area contributed by atoms with Crippen LogP contribution in [0.3, 0.4) is 0 Å². The lowest BCUT2D eigenvalue weighted by Crippen LogP contribution is -2.39. The Bertz CT molecular complexity index is 457. The van der Waals surface area contributed by atoms with E-state index < -0.39 is 17.5 Å². The molecule has 1 N–H and O–H groups in total. The van der Waals surface area contributed by atoms with Crippen molar-refractivity contribution >= 4 is 11.9 Å². The minimum atomic E-state index is -0.930. The highest BCUT2D eigenvalue weighted by atomic mass is 16.6. The topological polar surface area (TPSA) is 82.1 Å². The van der Waals surface area contributed by atoms with E-state index in [0.717, 1.165) is 18.9 Å². The summed E-state index contributed by atoms with van der Waals surface area (Å²) in [6, 6.07) is 0. The Balaban J connectivity index is 4.29. The number of esters is 2. The molecule has 6 nitrogen and oxygen atoms in total. The number of ether oxygens (including phenoxy) is 3. The summed E-state index contributed by atoms with van der Waals surface area (Å²) in [5.74, 6) is -0.665. The SMILES string of the molecule is C=CC(=O)OCC(O)COCCOC(=O)C(C)(CC(C)(C)CC)C(C)C. The van der Waals surface area contributed by atoms with E-state index in [-0.39, 0.29) is 43.7 Å². The van der Waals surface area contributed by atoms with Gasteiger partial charge in [0.1, 0.15) is 19.3 Å². The first-order chi connectivity index (χ1) is 12.0. The van der Waals surface area contributed by atoms with E-state index in [0.29, 0.717) is 0 Å². The molecule has 0 fully saturated rings. The van der Waals surface area contributed by atoms with Gasteiger partial charge < -0.3 is 19.3 Å². The predicted molar refractivity (Wildman–Crippen MR) is 101 cm³/mol. The van der Waals surface area contributed by atoms with E-state index in [1.165, 1.54) is 0 Å². The summed E-state index contributed by atoms with van der Waals surface area (Å²) >= 11 is 0. The Hall–Kier alpha value is -1.40. The Morgan fingerprint density at radius 1 is 1.12 bits per heavy atom. The van der Waals surface area contributed by atoms with Crippen LogP contribution in [0.25, 0.3) is 0 Å². The molecule has 2 atom stereocenters. The van der Waals surface area contributed by atoms with Crippen molar-refractivity contribution in [2.45, 2.75) is 60.5 Å². The smallest absolute Gasteiger partial charge is 0.330 e. The van der Waals surface area contributed by atoms with Crippen molar-refractivity contribution in [2.24, 2.45) is 16.7 Å². The normalized spacial score (nSPS) is 15.2. The number of aliphatic hydroxyl groups is 1. The highest BCUT2D eigenvalue weighted by Crippen LogP contribution is 2.42. The van der Waals surface area contributed by atoms with Crippen LogP contribution >= 0.6 is 0 Å². The molecule has 0 aromatic rings. The second-order valence-corrected chi connectivity index (χ2v) is 7.97.